The van der Waals surface area contributed by atoms with E-state index < -0.39 is 0 Å². The molecule has 0 heterocycles. The number of aliphatic imine (C=N–C) groups is 1. The summed E-state index contributed by atoms with van der Waals surface area (Å²) in [6, 6.07) is 0. The predicted octanol–water partition coefficient (Wildman–Crippen LogP) is 4.14. The van der Waals surface area contributed by atoms with Crippen LogP contribution in [0.1, 0.15) is 34.6 Å². The van der Waals surface area contributed by atoms with Crippen molar-refractivity contribution in [2.75, 3.05) is 0 Å². The van der Waals surface area contributed by atoms with Crippen molar-refractivity contribution >= 4 is 6.21 Å². The highest BCUT2D eigenvalue weighted by Crippen LogP contribution is 2.08. The van der Waals surface area contributed by atoms with Crippen molar-refractivity contribution in [2.24, 2.45) is 10.9 Å². The molecular formula is C13H21N. The molecule has 0 rings (SSSR count). The first-order valence-corrected chi connectivity index (χ1v) is 4.98. The Balaban J connectivity index is 4.66. The van der Waals surface area contributed by atoms with E-state index in [1.54, 1.807) is 0 Å². The molecule has 14 heavy (non-hydrogen) atoms. The van der Waals surface area contributed by atoms with Crippen LogP contribution in [0.3, 0.4) is 0 Å². The summed E-state index contributed by atoms with van der Waals surface area (Å²) in [5, 5.41) is 0. The Morgan fingerprint density at radius 1 is 1.14 bits per heavy atom. The monoisotopic (exact) mass is 191 g/mol. The van der Waals surface area contributed by atoms with Gasteiger partial charge in [0.05, 0.1) is 5.70 Å². The largest absolute Gasteiger partial charge is 0.261 e. The van der Waals surface area contributed by atoms with Crippen molar-refractivity contribution in [3.05, 3.63) is 35.6 Å². The molecule has 0 spiro atoms. The van der Waals surface area contributed by atoms with Gasteiger partial charge in [-0.3, -0.25) is 4.99 Å². The van der Waals surface area contributed by atoms with Crippen LogP contribution >= 0.6 is 0 Å². The molecule has 0 aliphatic rings. The maximum absolute atomic E-state index is 4.42. The van der Waals surface area contributed by atoms with E-state index in [2.05, 4.69) is 39.3 Å². The van der Waals surface area contributed by atoms with Gasteiger partial charge in [0.15, 0.2) is 0 Å². The average Bonchev–Trinajstić information content (AvgIpc) is 2.02. The molecule has 0 radical (unpaired) electrons. The zero-order valence-electron chi connectivity index (χ0n) is 9.96. The Bertz CT molecular complexity index is 274. The molecule has 0 aromatic heterocycles. The van der Waals surface area contributed by atoms with Gasteiger partial charge in [-0.2, -0.15) is 0 Å². The van der Waals surface area contributed by atoms with Gasteiger partial charge in [0.1, 0.15) is 0 Å². The molecule has 0 aromatic rings. The highest BCUT2D eigenvalue weighted by molar-refractivity contribution is 5.62. The molecule has 78 valence electrons. The van der Waals surface area contributed by atoms with Crippen LogP contribution in [-0.2, 0) is 0 Å². The first-order valence-electron chi connectivity index (χ1n) is 4.98. The smallest absolute Gasteiger partial charge is 0.0612 e. The summed E-state index contributed by atoms with van der Waals surface area (Å²) in [4.78, 5) is 4.42. The zero-order chi connectivity index (χ0) is 11.1. The normalized spacial score (nSPS) is 11.6. The number of allylic oxidation sites excluding steroid dienone is 4. The lowest BCUT2D eigenvalue weighted by Crippen LogP contribution is -1.88. The SMILES string of the molecule is C=C(C)C=CC(N=CC(C)C)=C(C)C. The van der Waals surface area contributed by atoms with E-state index in [0.29, 0.717) is 5.92 Å². The molecule has 0 fully saturated rings. The fourth-order valence-electron chi connectivity index (χ4n) is 0.789. The van der Waals surface area contributed by atoms with Crippen molar-refractivity contribution in [3.63, 3.8) is 0 Å². The van der Waals surface area contributed by atoms with Crippen LogP contribution in [-0.4, -0.2) is 6.21 Å². The summed E-state index contributed by atoms with van der Waals surface area (Å²) in [6.07, 6.45) is 5.96. The van der Waals surface area contributed by atoms with Crippen molar-refractivity contribution in [1.82, 2.24) is 0 Å². The van der Waals surface area contributed by atoms with Crippen molar-refractivity contribution in [2.45, 2.75) is 34.6 Å². The molecule has 0 amide bonds. The van der Waals surface area contributed by atoms with Gasteiger partial charge >= 0.3 is 0 Å². The molecular weight excluding hydrogens is 170 g/mol. The molecule has 0 saturated heterocycles. The van der Waals surface area contributed by atoms with E-state index in [1.807, 2.05) is 25.3 Å². The van der Waals surface area contributed by atoms with Gasteiger partial charge < -0.3 is 0 Å². The number of rotatable bonds is 4. The minimum atomic E-state index is 0.488. The van der Waals surface area contributed by atoms with E-state index in [9.17, 15) is 0 Å². The Morgan fingerprint density at radius 2 is 1.71 bits per heavy atom. The zero-order valence-corrected chi connectivity index (χ0v) is 9.96. The Morgan fingerprint density at radius 3 is 2.07 bits per heavy atom. The summed E-state index contributed by atoms with van der Waals surface area (Å²) in [6.45, 7) is 14.2. The van der Waals surface area contributed by atoms with Crippen LogP contribution in [0.2, 0.25) is 0 Å². The third-order valence-corrected chi connectivity index (χ3v) is 1.55. The van der Waals surface area contributed by atoms with Crippen molar-refractivity contribution in [3.8, 4) is 0 Å². The van der Waals surface area contributed by atoms with Crippen molar-refractivity contribution in [1.29, 1.82) is 0 Å². The first-order chi connectivity index (χ1) is 6.43. The van der Waals surface area contributed by atoms with Crippen LogP contribution in [0.5, 0.6) is 0 Å². The summed E-state index contributed by atoms with van der Waals surface area (Å²) in [5.74, 6) is 0.488. The topological polar surface area (TPSA) is 12.4 Å². The first kappa shape index (κ1) is 12.9. The second-order valence-corrected chi connectivity index (χ2v) is 4.09. The van der Waals surface area contributed by atoms with Gasteiger partial charge in [0.2, 0.25) is 0 Å². The predicted molar refractivity (Wildman–Crippen MR) is 65.7 cm³/mol. The summed E-state index contributed by atoms with van der Waals surface area (Å²) < 4.78 is 0. The molecule has 0 N–H and O–H groups in total. The fraction of sp³-hybridized carbons (Fsp3) is 0.462. The van der Waals surface area contributed by atoms with Crippen LogP contribution in [0, 0.1) is 5.92 Å². The van der Waals surface area contributed by atoms with E-state index in [4.69, 9.17) is 0 Å². The average molecular weight is 191 g/mol. The summed E-state index contributed by atoms with van der Waals surface area (Å²) >= 11 is 0. The minimum absolute atomic E-state index is 0.488. The third kappa shape index (κ3) is 6.41. The standard InChI is InChI=1S/C13H21N/c1-10(2)7-8-13(12(5)6)14-9-11(3)4/h7-9,11H,1H2,2-6H3. The lowest BCUT2D eigenvalue weighted by atomic mass is 10.2. The maximum Gasteiger partial charge on any atom is 0.0612 e. The molecule has 0 saturated carbocycles. The number of nitrogens with zero attached hydrogens (tertiary/aromatic N) is 1. The van der Waals surface area contributed by atoms with Crippen LogP contribution in [0.15, 0.2) is 40.6 Å². The molecule has 1 nitrogen and oxygen atoms in total. The Kier molecular flexibility index (Phi) is 5.86. The van der Waals surface area contributed by atoms with Gasteiger partial charge in [-0.05, 0) is 32.8 Å². The lowest BCUT2D eigenvalue weighted by Gasteiger charge is -1.99. The van der Waals surface area contributed by atoms with Crippen LogP contribution in [0.4, 0.5) is 0 Å². The maximum atomic E-state index is 4.42. The van der Waals surface area contributed by atoms with Crippen LogP contribution in [0.25, 0.3) is 0 Å². The van der Waals surface area contributed by atoms with E-state index in [-0.39, 0.29) is 0 Å². The van der Waals surface area contributed by atoms with E-state index >= 15 is 0 Å². The molecule has 1 heteroatoms. The molecule has 0 atom stereocenters. The number of hydrogen-bond acceptors (Lipinski definition) is 1. The van der Waals surface area contributed by atoms with Crippen LogP contribution < -0.4 is 0 Å². The number of hydrogen-bond donors (Lipinski definition) is 0. The minimum Gasteiger partial charge on any atom is -0.261 e. The Labute approximate surface area is 87.9 Å². The quantitative estimate of drug-likeness (QED) is 0.468. The van der Waals surface area contributed by atoms with Gasteiger partial charge in [-0.15, -0.1) is 0 Å². The van der Waals surface area contributed by atoms with E-state index in [0.717, 1.165) is 11.3 Å². The van der Waals surface area contributed by atoms with E-state index in [1.165, 1.54) is 5.57 Å². The highest BCUT2D eigenvalue weighted by Gasteiger charge is 1.92. The highest BCUT2D eigenvalue weighted by atomic mass is 14.7. The Hall–Kier alpha value is -1.11. The third-order valence-electron chi connectivity index (χ3n) is 1.55. The second kappa shape index (κ2) is 6.36. The van der Waals surface area contributed by atoms with Gasteiger partial charge in [-0.1, -0.05) is 37.6 Å². The van der Waals surface area contributed by atoms with Gasteiger partial charge in [0.25, 0.3) is 0 Å². The second-order valence-electron chi connectivity index (χ2n) is 4.09. The van der Waals surface area contributed by atoms with Gasteiger partial charge in [-0.25, -0.2) is 0 Å². The molecule has 0 aromatic carbocycles. The molecule has 0 aliphatic heterocycles. The fourth-order valence-corrected chi connectivity index (χ4v) is 0.789. The van der Waals surface area contributed by atoms with Crippen molar-refractivity contribution < 1.29 is 0 Å². The molecule has 0 bridgehead atoms. The molecule has 0 unspecified atom stereocenters. The molecule has 0 aliphatic carbocycles. The lowest BCUT2D eigenvalue weighted by molar-refractivity contribution is 0.905. The summed E-state index contributed by atoms with van der Waals surface area (Å²) in [7, 11) is 0. The summed E-state index contributed by atoms with van der Waals surface area (Å²) in [5.41, 5.74) is 3.30. The van der Waals surface area contributed by atoms with Gasteiger partial charge in [0, 0.05) is 6.21 Å².